The van der Waals surface area contributed by atoms with E-state index in [4.69, 9.17) is 5.26 Å². The van der Waals surface area contributed by atoms with Gasteiger partial charge in [-0.05, 0) is 6.07 Å². The van der Waals surface area contributed by atoms with Crippen molar-refractivity contribution in [2.75, 3.05) is 0 Å². The first-order chi connectivity index (χ1) is 6.33. The highest BCUT2D eigenvalue weighted by atomic mass is 32.1. The quantitative estimate of drug-likeness (QED) is 0.628. The standard InChI is InChI=1S/C10H9N2S/c1-12-8-4-2-3-5-9(8)13-10(12)6-7-11/h2-5H,6H2,1H3/q+1. The fourth-order valence-corrected chi connectivity index (χ4v) is 2.45. The van der Waals surface area contributed by atoms with Gasteiger partial charge in [0.2, 0.25) is 5.52 Å². The van der Waals surface area contributed by atoms with Crippen LogP contribution < -0.4 is 4.57 Å². The van der Waals surface area contributed by atoms with Crippen LogP contribution in [0.3, 0.4) is 0 Å². The van der Waals surface area contributed by atoms with Crippen LogP contribution in [0.2, 0.25) is 0 Å². The fraction of sp³-hybridized carbons (Fsp3) is 0.200. The molecule has 1 heterocycles. The summed E-state index contributed by atoms with van der Waals surface area (Å²) < 4.78 is 3.33. The van der Waals surface area contributed by atoms with Crippen LogP contribution in [0.5, 0.6) is 0 Å². The highest BCUT2D eigenvalue weighted by molar-refractivity contribution is 7.18. The van der Waals surface area contributed by atoms with Crippen molar-refractivity contribution in [1.29, 1.82) is 5.26 Å². The second-order valence-corrected chi connectivity index (χ2v) is 3.97. The van der Waals surface area contributed by atoms with Gasteiger partial charge in [0.1, 0.15) is 18.2 Å². The van der Waals surface area contributed by atoms with Crippen molar-refractivity contribution in [1.82, 2.24) is 0 Å². The molecule has 0 atom stereocenters. The summed E-state index contributed by atoms with van der Waals surface area (Å²) in [5.41, 5.74) is 1.21. The van der Waals surface area contributed by atoms with E-state index in [1.165, 1.54) is 10.2 Å². The predicted molar refractivity (Wildman–Crippen MR) is 52.3 cm³/mol. The molecule has 0 bridgehead atoms. The summed E-state index contributed by atoms with van der Waals surface area (Å²) in [5.74, 6) is 0. The molecule has 2 nitrogen and oxygen atoms in total. The van der Waals surface area contributed by atoms with E-state index in [1.54, 1.807) is 11.3 Å². The Morgan fingerprint density at radius 2 is 2.23 bits per heavy atom. The molecular weight excluding hydrogens is 180 g/mol. The number of nitriles is 1. The lowest BCUT2D eigenvalue weighted by Crippen LogP contribution is -2.30. The van der Waals surface area contributed by atoms with Gasteiger partial charge in [-0.25, -0.2) is 0 Å². The first kappa shape index (κ1) is 8.21. The van der Waals surface area contributed by atoms with Gasteiger partial charge in [0.05, 0.1) is 6.07 Å². The first-order valence-corrected chi connectivity index (χ1v) is 4.88. The van der Waals surface area contributed by atoms with Crippen molar-refractivity contribution in [2.45, 2.75) is 6.42 Å². The van der Waals surface area contributed by atoms with Gasteiger partial charge in [0.15, 0.2) is 0 Å². The van der Waals surface area contributed by atoms with Crippen LogP contribution in [0.4, 0.5) is 0 Å². The maximum Gasteiger partial charge on any atom is 0.252 e. The van der Waals surface area contributed by atoms with Crippen molar-refractivity contribution in [3.8, 4) is 6.07 Å². The Bertz CT molecular complexity index is 479. The van der Waals surface area contributed by atoms with E-state index in [9.17, 15) is 0 Å². The van der Waals surface area contributed by atoms with Crippen LogP contribution in [-0.4, -0.2) is 0 Å². The number of aromatic nitrogens is 1. The molecule has 1 aromatic heterocycles. The second kappa shape index (κ2) is 3.15. The van der Waals surface area contributed by atoms with Crippen LogP contribution in [0, 0.1) is 11.3 Å². The van der Waals surface area contributed by atoms with Crippen molar-refractivity contribution < 1.29 is 4.57 Å². The minimum absolute atomic E-state index is 0.496. The summed E-state index contributed by atoms with van der Waals surface area (Å²) in [6.07, 6.45) is 0.496. The van der Waals surface area contributed by atoms with E-state index in [2.05, 4.69) is 22.8 Å². The van der Waals surface area contributed by atoms with Crippen LogP contribution in [-0.2, 0) is 13.5 Å². The number of hydrogen-bond acceptors (Lipinski definition) is 2. The molecule has 13 heavy (non-hydrogen) atoms. The smallest absolute Gasteiger partial charge is 0.198 e. The molecule has 2 rings (SSSR count). The highest BCUT2D eigenvalue weighted by Crippen LogP contribution is 2.19. The summed E-state index contributed by atoms with van der Waals surface area (Å²) in [6, 6.07) is 10.4. The van der Waals surface area contributed by atoms with E-state index in [0.29, 0.717) is 6.42 Å². The highest BCUT2D eigenvalue weighted by Gasteiger charge is 2.14. The lowest BCUT2D eigenvalue weighted by molar-refractivity contribution is -0.647. The summed E-state index contributed by atoms with van der Waals surface area (Å²) in [6.45, 7) is 0. The molecule has 0 N–H and O–H groups in total. The third-order valence-electron chi connectivity index (χ3n) is 2.06. The average molecular weight is 189 g/mol. The second-order valence-electron chi connectivity index (χ2n) is 2.86. The Labute approximate surface area is 80.7 Å². The maximum absolute atomic E-state index is 8.61. The summed E-state index contributed by atoms with van der Waals surface area (Å²) in [7, 11) is 2.01. The molecule has 3 heteroatoms. The Morgan fingerprint density at radius 3 is 2.92 bits per heavy atom. The van der Waals surface area contributed by atoms with Gasteiger partial charge < -0.3 is 0 Å². The third kappa shape index (κ3) is 1.30. The zero-order valence-corrected chi connectivity index (χ0v) is 8.14. The first-order valence-electron chi connectivity index (χ1n) is 4.06. The van der Waals surface area contributed by atoms with Crippen LogP contribution in [0.1, 0.15) is 5.01 Å². The number of rotatable bonds is 1. The van der Waals surface area contributed by atoms with Gasteiger partial charge in [-0.3, -0.25) is 0 Å². The van der Waals surface area contributed by atoms with E-state index in [-0.39, 0.29) is 0 Å². The molecule has 0 radical (unpaired) electrons. The molecule has 2 aromatic rings. The van der Waals surface area contributed by atoms with Crippen LogP contribution in [0.25, 0.3) is 10.2 Å². The minimum atomic E-state index is 0.496. The molecule has 0 unspecified atom stereocenters. The Hall–Kier alpha value is -1.40. The monoisotopic (exact) mass is 189 g/mol. The zero-order chi connectivity index (χ0) is 9.26. The van der Waals surface area contributed by atoms with E-state index in [0.717, 1.165) is 5.01 Å². The molecule has 64 valence electrons. The number of thiazole rings is 1. The largest absolute Gasteiger partial charge is 0.252 e. The number of para-hydroxylation sites is 1. The van der Waals surface area contributed by atoms with Gasteiger partial charge in [-0.2, -0.15) is 9.83 Å². The molecule has 0 fully saturated rings. The van der Waals surface area contributed by atoms with Crippen molar-refractivity contribution >= 4 is 21.6 Å². The number of nitrogens with zero attached hydrogens (tertiary/aromatic N) is 2. The molecule has 0 aliphatic rings. The third-order valence-corrected chi connectivity index (χ3v) is 3.28. The van der Waals surface area contributed by atoms with Gasteiger partial charge in [-0.15, -0.1) is 0 Å². The Kier molecular flexibility index (Phi) is 1.99. The maximum atomic E-state index is 8.61. The Balaban J connectivity index is 2.68. The van der Waals surface area contributed by atoms with Gasteiger partial charge >= 0.3 is 0 Å². The van der Waals surface area contributed by atoms with E-state index in [1.807, 2.05) is 19.2 Å². The molecule has 1 aromatic carbocycles. The van der Waals surface area contributed by atoms with Crippen molar-refractivity contribution in [3.63, 3.8) is 0 Å². The molecule has 0 amide bonds. The zero-order valence-electron chi connectivity index (χ0n) is 7.32. The van der Waals surface area contributed by atoms with Gasteiger partial charge in [0, 0.05) is 6.07 Å². The molecule has 0 aliphatic heterocycles. The fourth-order valence-electron chi connectivity index (χ4n) is 1.37. The van der Waals surface area contributed by atoms with E-state index >= 15 is 0 Å². The molecule has 0 saturated heterocycles. The van der Waals surface area contributed by atoms with Gasteiger partial charge in [-0.1, -0.05) is 23.5 Å². The number of hydrogen-bond donors (Lipinski definition) is 0. The summed E-state index contributed by atoms with van der Waals surface area (Å²) >= 11 is 1.69. The van der Waals surface area contributed by atoms with E-state index < -0.39 is 0 Å². The lowest BCUT2D eigenvalue weighted by Gasteiger charge is -1.84. The van der Waals surface area contributed by atoms with Crippen LogP contribution >= 0.6 is 11.3 Å². The molecule has 0 aliphatic carbocycles. The number of benzene rings is 1. The minimum Gasteiger partial charge on any atom is -0.198 e. The lowest BCUT2D eigenvalue weighted by atomic mass is 10.3. The van der Waals surface area contributed by atoms with Gasteiger partial charge in [0.25, 0.3) is 5.01 Å². The molecule has 0 saturated carbocycles. The topological polar surface area (TPSA) is 27.7 Å². The van der Waals surface area contributed by atoms with Crippen LogP contribution in [0.15, 0.2) is 24.3 Å². The van der Waals surface area contributed by atoms with Crippen molar-refractivity contribution in [3.05, 3.63) is 29.3 Å². The average Bonchev–Trinajstić information content (AvgIpc) is 2.46. The number of fused-ring (bicyclic) bond motifs is 1. The number of aryl methyl sites for hydroxylation is 1. The molecular formula is C10H9N2S+. The van der Waals surface area contributed by atoms with Crippen molar-refractivity contribution in [2.24, 2.45) is 7.05 Å². The normalized spacial score (nSPS) is 10.2. The molecule has 0 spiro atoms. The predicted octanol–water partition coefficient (Wildman–Crippen LogP) is 1.79. The summed E-state index contributed by atoms with van der Waals surface area (Å²) in [5, 5.41) is 9.73. The Morgan fingerprint density at radius 1 is 1.46 bits per heavy atom. The SMILES string of the molecule is C[n+]1c(CC#N)sc2ccccc21. The summed E-state index contributed by atoms with van der Waals surface area (Å²) in [4.78, 5) is 0.